The van der Waals surface area contributed by atoms with E-state index in [4.69, 9.17) is 0 Å². The van der Waals surface area contributed by atoms with Gasteiger partial charge in [0.15, 0.2) is 15.6 Å². The molecule has 0 N–H and O–H groups in total. The molecule has 0 spiro atoms. The number of hydrogen-bond acceptors (Lipinski definition) is 5. The molecular formula is C12H18BrN3O3S. The third kappa shape index (κ3) is 3.48. The Balaban J connectivity index is 2.19. The minimum atomic E-state index is -3.06. The van der Waals surface area contributed by atoms with Crippen molar-refractivity contribution in [2.75, 3.05) is 32.1 Å². The number of rotatable bonds is 5. The van der Waals surface area contributed by atoms with Gasteiger partial charge in [-0.25, -0.2) is 8.42 Å². The van der Waals surface area contributed by atoms with Gasteiger partial charge < -0.3 is 4.90 Å². The zero-order valence-corrected chi connectivity index (χ0v) is 13.9. The zero-order chi connectivity index (χ0) is 14.9. The molecule has 1 aliphatic heterocycles. The number of hydrogen-bond donors (Lipinski definition) is 0. The van der Waals surface area contributed by atoms with Gasteiger partial charge in [-0.3, -0.25) is 9.48 Å². The second-order valence-corrected chi connectivity index (χ2v) is 8.41. The standard InChI is InChI=1S/C12H18BrN3O3S/c1-15(2)4-5-16-11(10(13)7-14-16)12(17)9-3-6-20(18,19)8-9/h7,9H,3-6,8H2,1-2H3. The van der Waals surface area contributed by atoms with Crippen molar-refractivity contribution < 1.29 is 13.2 Å². The Labute approximate surface area is 127 Å². The predicted octanol–water partition coefficient (Wildman–Crippen LogP) is 0.825. The molecule has 20 heavy (non-hydrogen) atoms. The first-order valence-corrected chi connectivity index (χ1v) is 9.02. The lowest BCUT2D eigenvalue weighted by atomic mass is 10.0. The van der Waals surface area contributed by atoms with Gasteiger partial charge in [-0.1, -0.05) is 0 Å². The van der Waals surface area contributed by atoms with Gasteiger partial charge >= 0.3 is 0 Å². The van der Waals surface area contributed by atoms with Crippen LogP contribution in [0.1, 0.15) is 16.9 Å². The maximum atomic E-state index is 12.5. The number of carbonyl (C=O) groups excluding carboxylic acids is 1. The highest BCUT2D eigenvalue weighted by Gasteiger charge is 2.35. The van der Waals surface area contributed by atoms with E-state index in [-0.39, 0.29) is 17.3 Å². The Bertz CT molecular complexity index is 609. The van der Waals surface area contributed by atoms with E-state index >= 15 is 0 Å². The van der Waals surface area contributed by atoms with Crippen LogP contribution in [0.2, 0.25) is 0 Å². The molecule has 6 nitrogen and oxygen atoms in total. The molecule has 0 radical (unpaired) electrons. The quantitative estimate of drug-likeness (QED) is 0.724. The molecule has 0 saturated carbocycles. The Kier molecular flexibility index (Phi) is 4.66. The lowest BCUT2D eigenvalue weighted by Gasteiger charge is -2.13. The van der Waals surface area contributed by atoms with E-state index in [1.165, 1.54) is 0 Å². The van der Waals surface area contributed by atoms with Gasteiger partial charge in [-0.15, -0.1) is 0 Å². The Hall–Kier alpha value is -0.730. The van der Waals surface area contributed by atoms with Crippen LogP contribution in [0.25, 0.3) is 0 Å². The fraction of sp³-hybridized carbons (Fsp3) is 0.667. The minimum Gasteiger partial charge on any atom is -0.308 e. The first kappa shape index (κ1) is 15.7. The highest BCUT2D eigenvalue weighted by Crippen LogP contribution is 2.26. The van der Waals surface area contributed by atoms with E-state index in [0.717, 1.165) is 6.54 Å². The van der Waals surface area contributed by atoms with Crippen molar-refractivity contribution in [2.24, 2.45) is 5.92 Å². The average molecular weight is 364 g/mol. The number of likely N-dealkylation sites (N-methyl/N-ethyl adjacent to an activating group) is 1. The molecule has 0 amide bonds. The Morgan fingerprint density at radius 2 is 2.25 bits per heavy atom. The van der Waals surface area contributed by atoms with Crippen LogP contribution in [-0.2, 0) is 16.4 Å². The predicted molar refractivity (Wildman–Crippen MR) is 79.6 cm³/mol. The molecule has 1 aliphatic rings. The summed E-state index contributed by atoms with van der Waals surface area (Å²) in [6, 6.07) is 0. The largest absolute Gasteiger partial charge is 0.308 e. The van der Waals surface area contributed by atoms with Crippen molar-refractivity contribution in [3.63, 3.8) is 0 Å². The van der Waals surface area contributed by atoms with Crippen LogP contribution in [0.5, 0.6) is 0 Å². The molecule has 0 aliphatic carbocycles. The SMILES string of the molecule is CN(C)CCn1ncc(Br)c1C(=O)C1CCS(=O)(=O)C1. The van der Waals surface area contributed by atoms with Crippen molar-refractivity contribution in [1.82, 2.24) is 14.7 Å². The highest BCUT2D eigenvalue weighted by molar-refractivity contribution is 9.10. The molecule has 112 valence electrons. The summed E-state index contributed by atoms with van der Waals surface area (Å²) in [6.45, 7) is 1.36. The van der Waals surface area contributed by atoms with E-state index < -0.39 is 15.8 Å². The van der Waals surface area contributed by atoms with Gasteiger partial charge in [0.25, 0.3) is 0 Å². The summed E-state index contributed by atoms with van der Waals surface area (Å²) in [7, 11) is 0.839. The minimum absolute atomic E-state index is 0.0445. The average Bonchev–Trinajstić information content (AvgIpc) is 2.89. The van der Waals surface area contributed by atoms with Crippen LogP contribution in [0, 0.1) is 5.92 Å². The maximum Gasteiger partial charge on any atom is 0.186 e. The highest BCUT2D eigenvalue weighted by atomic mass is 79.9. The second kappa shape index (κ2) is 5.95. The van der Waals surface area contributed by atoms with Gasteiger partial charge in [0.05, 0.1) is 28.7 Å². The fourth-order valence-electron chi connectivity index (χ4n) is 2.27. The molecule has 1 unspecified atom stereocenters. The Morgan fingerprint density at radius 1 is 1.55 bits per heavy atom. The van der Waals surface area contributed by atoms with Crippen LogP contribution in [0.15, 0.2) is 10.7 Å². The number of sulfone groups is 1. The van der Waals surface area contributed by atoms with Crippen LogP contribution >= 0.6 is 15.9 Å². The van der Waals surface area contributed by atoms with Gasteiger partial charge in [-0.05, 0) is 36.4 Å². The number of ketones is 1. The first-order valence-electron chi connectivity index (χ1n) is 6.41. The third-order valence-electron chi connectivity index (χ3n) is 3.39. The summed E-state index contributed by atoms with van der Waals surface area (Å²) in [5, 5.41) is 4.19. The summed E-state index contributed by atoms with van der Waals surface area (Å²) >= 11 is 3.33. The van der Waals surface area contributed by atoms with Crippen LogP contribution in [-0.4, -0.2) is 61.0 Å². The zero-order valence-electron chi connectivity index (χ0n) is 11.5. The van der Waals surface area contributed by atoms with Crippen LogP contribution in [0.3, 0.4) is 0 Å². The number of carbonyl (C=O) groups is 1. The summed E-state index contributed by atoms with van der Waals surface area (Å²) < 4.78 is 25.3. The van der Waals surface area contributed by atoms with Gasteiger partial charge in [0.2, 0.25) is 0 Å². The number of Topliss-reactive ketones (excluding diaryl/α,β-unsaturated/α-hetero) is 1. The summed E-state index contributed by atoms with van der Waals surface area (Å²) in [6.07, 6.45) is 2.00. The summed E-state index contributed by atoms with van der Waals surface area (Å²) in [5.41, 5.74) is 0.481. The summed E-state index contributed by atoms with van der Waals surface area (Å²) in [5.74, 6) is -0.510. The molecular weight excluding hydrogens is 346 g/mol. The van der Waals surface area contributed by atoms with Crippen molar-refractivity contribution in [1.29, 1.82) is 0 Å². The molecule has 1 atom stereocenters. The van der Waals surface area contributed by atoms with E-state index in [1.807, 2.05) is 19.0 Å². The van der Waals surface area contributed by atoms with Crippen molar-refractivity contribution in [3.8, 4) is 0 Å². The second-order valence-electron chi connectivity index (χ2n) is 5.33. The number of nitrogens with zero attached hydrogens (tertiary/aromatic N) is 3. The molecule has 1 aromatic rings. The first-order chi connectivity index (χ1) is 9.30. The number of aromatic nitrogens is 2. The van der Waals surface area contributed by atoms with Gasteiger partial charge in [0.1, 0.15) is 5.69 Å². The maximum absolute atomic E-state index is 12.5. The molecule has 1 aromatic heterocycles. The molecule has 1 saturated heterocycles. The van der Waals surface area contributed by atoms with Crippen molar-refractivity contribution >= 4 is 31.6 Å². The van der Waals surface area contributed by atoms with Gasteiger partial charge in [0, 0.05) is 12.5 Å². The Morgan fingerprint density at radius 3 is 2.80 bits per heavy atom. The van der Waals surface area contributed by atoms with Crippen molar-refractivity contribution in [2.45, 2.75) is 13.0 Å². The lowest BCUT2D eigenvalue weighted by Crippen LogP contribution is -2.24. The van der Waals surface area contributed by atoms with E-state index in [2.05, 4.69) is 21.0 Å². The van der Waals surface area contributed by atoms with Gasteiger partial charge in [-0.2, -0.15) is 5.10 Å². The third-order valence-corrected chi connectivity index (χ3v) is 5.74. The molecule has 2 rings (SSSR count). The molecule has 8 heteroatoms. The molecule has 1 fully saturated rings. The van der Waals surface area contributed by atoms with E-state index in [9.17, 15) is 13.2 Å². The molecule has 0 bridgehead atoms. The fourth-order valence-corrected chi connectivity index (χ4v) is 4.50. The number of halogens is 1. The lowest BCUT2D eigenvalue weighted by molar-refractivity contribution is 0.0920. The monoisotopic (exact) mass is 363 g/mol. The molecule has 2 heterocycles. The molecule has 0 aromatic carbocycles. The topological polar surface area (TPSA) is 72.3 Å². The normalized spacial score (nSPS) is 21.5. The smallest absolute Gasteiger partial charge is 0.186 e. The van der Waals surface area contributed by atoms with Crippen molar-refractivity contribution in [3.05, 3.63) is 16.4 Å². The van der Waals surface area contributed by atoms with E-state index in [1.54, 1.807) is 10.9 Å². The van der Waals surface area contributed by atoms with Crippen LogP contribution in [0.4, 0.5) is 0 Å². The summed E-state index contributed by atoms with van der Waals surface area (Å²) in [4.78, 5) is 14.5. The van der Waals surface area contributed by atoms with E-state index in [0.29, 0.717) is 23.1 Å². The van der Waals surface area contributed by atoms with Crippen LogP contribution < -0.4 is 0 Å².